The average Bonchev–Trinajstić information content (AvgIpc) is 2.16. The van der Waals surface area contributed by atoms with Gasteiger partial charge in [0.1, 0.15) is 0 Å². The second-order valence-electron chi connectivity index (χ2n) is 2.75. The molecule has 80 valence electrons. The number of nitro groups is 1. The highest BCUT2D eigenvalue weighted by Gasteiger charge is 2.16. The van der Waals surface area contributed by atoms with E-state index in [4.69, 9.17) is 15.3 Å². The molecule has 0 atom stereocenters. The molecule has 15 heavy (non-hydrogen) atoms. The molecule has 0 saturated heterocycles. The van der Waals surface area contributed by atoms with Gasteiger partial charge < -0.3 is 15.3 Å². The van der Waals surface area contributed by atoms with Gasteiger partial charge in [-0.25, -0.2) is 4.79 Å². The van der Waals surface area contributed by atoms with Crippen LogP contribution < -0.4 is 0 Å². The van der Waals surface area contributed by atoms with Crippen molar-refractivity contribution in [3.05, 3.63) is 39.4 Å². The monoisotopic (exact) mass is 213 g/mol. The molecule has 0 radical (unpaired) electrons. The van der Waals surface area contributed by atoms with Gasteiger partial charge in [-0.1, -0.05) is 0 Å². The molecular weight excluding hydrogens is 206 g/mol. The lowest BCUT2D eigenvalue weighted by atomic mass is 10.1. The number of aliphatic hydroxyl groups excluding tert-OH is 1. The molecule has 1 aromatic carbocycles. The fourth-order valence-corrected chi connectivity index (χ4v) is 1.01. The maximum absolute atomic E-state index is 10.6. The topological polar surface area (TPSA) is 121 Å². The summed E-state index contributed by atoms with van der Waals surface area (Å²) in [6, 6.07) is 2.70. The first kappa shape index (κ1) is 11.1. The minimum Gasteiger partial charge on any atom is -0.478 e. The van der Waals surface area contributed by atoms with Gasteiger partial charge in [-0.05, 0) is 6.07 Å². The van der Waals surface area contributed by atoms with E-state index in [1.165, 1.54) is 0 Å². The molecule has 0 saturated carbocycles. The highest BCUT2D eigenvalue weighted by Crippen LogP contribution is 2.20. The van der Waals surface area contributed by atoms with Crippen molar-refractivity contribution in [1.29, 1.82) is 0 Å². The van der Waals surface area contributed by atoms with E-state index in [-0.39, 0.29) is 11.1 Å². The van der Waals surface area contributed by atoms with Gasteiger partial charge in [-0.3, -0.25) is 10.1 Å². The number of carbonyl (C=O) groups is 1. The van der Waals surface area contributed by atoms with E-state index in [2.05, 4.69) is 0 Å². The summed E-state index contributed by atoms with van der Waals surface area (Å²) < 4.78 is 0. The first-order valence-corrected chi connectivity index (χ1v) is 3.80. The molecule has 0 unspecified atom stereocenters. The third-order valence-electron chi connectivity index (χ3n) is 1.70. The van der Waals surface area contributed by atoms with Crippen molar-refractivity contribution in [1.82, 2.24) is 0 Å². The van der Waals surface area contributed by atoms with Crippen LogP contribution in [0.1, 0.15) is 22.2 Å². The molecule has 7 nitrogen and oxygen atoms in total. The van der Waals surface area contributed by atoms with Crippen molar-refractivity contribution in [3.8, 4) is 0 Å². The summed E-state index contributed by atoms with van der Waals surface area (Å²) in [5.41, 5.74) is -1.10. The Morgan fingerprint density at radius 3 is 2.33 bits per heavy atom. The predicted molar refractivity (Wildman–Crippen MR) is 47.2 cm³/mol. The zero-order chi connectivity index (χ0) is 11.6. The lowest BCUT2D eigenvalue weighted by Crippen LogP contribution is -2.03. The van der Waals surface area contributed by atoms with Crippen molar-refractivity contribution >= 4 is 11.7 Å². The first-order chi connectivity index (χ1) is 6.91. The van der Waals surface area contributed by atoms with Gasteiger partial charge in [0.2, 0.25) is 0 Å². The lowest BCUT2D eigenvalue weighted by Gasteiger charge is -2.04. The summed E-state index contributed by atoms with van der Waals surface area (Å²) in [6.45, 7) is 0. The van der Waals surface area contributed by atoms with Crippen LogP contribution >= 0.6 is 0 Å². The number of hydrogen-bond acceptors (Lipinski definition) is 5. The maximum Gasteiger partial charge on any atom is 0.335 e. The second kappa shape index (κ2) is 4.03. The third kappa shape index (κ3) is 2.48. The van der Waals surface area contributed by atoms with Gasteiger partial charge in [0, 0.05) is 17.7 Å². The lowest BCUT2D eigenvalue weighted by molar-refractivity contribution is -0.385. The van der Waals surface area contributed by atoms with Crippen LogP contribution in [0, 0.1) is 10.1 Å². The maximum atomic E-state index is 10.6. The van der Waals surface area contributed by atoms with Crippen molar-refractivity contribution in [2.24, 2.45) is 0 Å². The van der Waals surface area contributed by atoms with E-state index in [0.717, 1.165) is 18.2 Å². The molecule has 0 heterocycles. The number of non-ortho nitro benzene ring substituents is 1. The summed E-state index contributed by atoms with van der Waals surface area (Å²) in [5.74, 6) is -1.37. The largest absolute Gasteiger partial charge is 0.478 e. The summed E-state index contributed by atoms with van der Waals surface area (Å²) in [6.07, 6.45) is -1.94. The Bertz CT molecular complexity index is 381. The Kier molecular flexibility index (Phi) is 2.98. The van der Waals surface area contributed by atoms with Crippen LogP contribution in [-0.2, 0) is 0 Å². The highest BCUT2D eigenvalue weighted by atomic mass is 16.6. The van der Waals surface area contributed by atoms with Gasteiger partial charge >= 0.3 is 5.97 Å². The number of aromatic carboxylic acids is 1. The smallest absolute Gasteiger partial charge is 0.335 e. The number of nitrogens with zero attached hydrogens (tertiary/aromatic N) is 1. The van der Waals surface area contributed by atoms with Crippen molar-refractivity contribution in [3.63, 3.8) is 0 Å². The SMILES string of the molecule is O=C(O)c1cc(C(O)O)cc([N+](=O)[O-])c1. The van der Waals surface area contributed by atoms with Gasteiger partial charge in [0.15, 0.2) is 6.29 Å². The summed E-state index contributed by atoms with van der Waals surface area (Å²) in [4.78, 5) is 20.2. The van der Waals surface area contributed by atoms with Crippen molar-refractivity contribution in [2.45, 2.75) is 6.29 Å². The van der Waals surface area contributed by atoms with Gasteiger partial charge in [-0.2, -0.15) is 0 Å². The molecular formula is C8H7NO6. The van der Waals surface area contributed by atoms with Crippen LogP contribution in [0.15, 0.2) is 18.2 Å². The Hall–Kier alpha value is -1.99. The number of aliphatic hydroxyl groups is 2. The standard InChI is InChI=1S/C8H7NO6/c10-7(11)4-1-5(8(12)13)3-6(2-4)9(14)15/h1-3,7,10-11H,(H,12,13). The van der Waals surface area contributed by atoms with Crippen molar-refractivity contribution in [2.75, 3.05) is 0 Å². The van der Waals surface area contributed by atoms with Crippen LogP contribution in [0.3, 0.4) is 0 Å². The van der Waals surface area contributed by atoms with E-state index in [1.807, 2.05) is 0 Å². The molecule has 1 rings (SSSR count). The van der Waals surface area contributed by atoms with Crippen LogP contribution in [0.25, 0.3) is 0 Å². The molecule has 7 heteroatoms. The normalized spacial score (nSPS) is 10.3. The molecule has 0 bridgehead atoms. The van der Waals surface area contributed by atoms with Crippen LogP contribution in [-0.4, -0.2) is 26.2 Å². The predicted octanol–water partition coefficient (Wildman–Crippen LogP) is 0.276. The minimum atomic E-state index is -1.94. The van der Waals surface area contributed by atoms with E-state index in [0.29, 0.717) is 0 Å². The van der Waals surface area contributed by atoms with E-state index < -0.39 is 22.9 Å². The Balaban J connectivity index is 3.32. The molecule has 0 aliphatic heterocycles. The summed E-state index contributed by atoms with van der Waals surface area (Å²) in [5, 5.41) is 36.6. The number of nitro benzene ring substituents is 1. The highest BCUT2D eigenvalue weighted by molar-refractivity contribution is 5.88. The molecule has 0 aliphatic rings. The number of carboxylic acid groups (broad SMARTS) is 1. The van der Waals surface area contributed by atoms with Gasteiger partial charge in [0.05, 0.1) is 10.5 Å². The molecule has 1 aromatic rings. The molecule has 0 amide bonds. The number of rotatable bonds is 3. The first-order valence-electron chi connectivity index (χ1n) is 3.80. The molecule has 0 aromatic heterocycles. The minimum absolute atomic E-state index is 0.235. The van der Waals surface area contributed by atoms with Crippen LogP contribution in [0.4, 0.5) is 5.69 Å². The average molecular weight is 213 g/mol. The number of carboxylic acids is 1. The van der Waals surface area contributed by atoms with Crippen LogP contribution in [0.2, 0.25) is 0 Å². The molecule has 0 aliphatic carbocycles. The third-order valence-corrected chi connectivity index (χ3v) is 1.70. The fraction of sp³-hybridized carbons (Fsp3) is 0.125. The van der Waals surface area contributed by atoms with Crippen molar-refractivity contribution < 1.29 is 25.0 Å². The second-order valence-corrected chi connectivity index (χ2v) is 2.75. The number of benzene rings is 1. The molecule has 3 N–H and O–H groups in total. The quantitative estimate of drug-likeness (QED) is 0.376. The van der Waals surface area contributed by atoms with Crippen LogP contribution in [0.5, 0.6) is 0 Å². The van der Waals surface area contributed by atoms with Gasteiger partial charge in [0.25, 0.3) is 5.69 Å². The Labute approximate surface area is 83.4 Å². The fourth-order valence-electron chi connectivity index (χ4n) is 1.01. The Morgan fingerprint density at radius 2 is 1.93 bits per heavy atom. The zero-order valence-corrected chi connectivity index (χ0v) is 7.32. The van der Waals surface area contributed by atoms with E-state index >= 15 is 0 Å². The van der Waals surface area contributed by atoms with Gasteiger partial charge in [-0.15, -0.1) is 0 Å². The molecule has 0 spiro atoms. The summed E-state index contributed by atoms with van der Waals surface area (Å²) in [7, 11) is 0. The number of hydrogen-bond donors (Lipinski definition) is 3. The summed E-state index contributed by atoms with van der Waals surface area (Å²) >= 11 is 0. The molecule has 0 fully saturated rings. The Morgan fingerprint density at radius 1 is 1.33 bits per heavy atom. The van der Waals surface area contributed by atoms with E-state index in [1.54, 1.807) is 0 Å². The zero-order valence-electron chi connectivity index (χ0n) is 7.32. The van der Waals surface area contributed by atoms with E-state index in [9.17, 15) is 14.9 Å².